The fraction of sp³-hybridized carbons (Fsp3) is 0.810. The zero-order valence-corrected chi connectivity index (χ0v) is 45.8. The summed E-state index contributed by atoms with van der Waals surface area (Å²) in [6.45, 7) is 4.85. The number of allylic oxidation sites excluding steroid dienone is 9. The second kappa shape index (κ2) is 58.1. The summed E-state index contributed by atoms with van der Waals surface area (Å²) < 4.78 is 5.47. The van der Waals surface area contributed by atoms with Crippen molar-refractivity contribution in [1.29, 1.82) is 0 Å². The molecule has 0 aromatic heterocycles. The molecule has 0 saturated heterocycles. The number of hydrogen-bond donors (Lipinski definition) is 3. The van der Waals surface area contributed by atoms with Crippen LogP contribution in [-0.4, -0.2) is 47.4 Å². The van der Waals surface area contributed by atoms with E-state index in [1.54, 1.807) is 6.08 Å². The van der Waals surface area contributed by atoms with Gasteiger partial charge in [-0.3, -0.25) is 9.59 Å². The number of hydrogen-bond acceptors (Lipinski definition) is 5. The highest BCUT2D eigenvalue weighted by atomic mass is 16.5. The number of unbranched alkanes of at least 4 members (excludes halogenated alkanes) is 36. The van der Waals surface area contributed by atoms with E-state index in [0.29, 0.717) is 19.4 Å². The second-order valence-electron chi connectivity index (χ2n) is 20.3. The summed E-state index contributed by atoms with van der Waals surface area (Å²) >= 11 is 0. The van der Waals surface area contributed by atoms with Gasteiger partial charge in [0, 0.05) is 12.8 Å². The quantitative estimate of drug-likeness (QED) is 0.0321. The molecule has 0 spiro atoms. The third kappa shape index (κ3) is 54.7. The fourth-order valence-corrected chi connectivity index (χ4v) is 8.87. The Bertz CT molecular complexity index is 1210. The summed E-state index contributed by atoms with van der Waals surface area (Å²) in [5.74, 6) is -0.0820. The number of carbonyl (C=O) groups excluding carboxylic acids is 2. The Morgan fingerprint density at radius 1 is 0.406 bits per heavy atom. The lowest BCUT2D eigenvalue weighted by Crippen LogP contribution is -2.45. The van der Waals surface area contributed by atoms with Crippen LogP contribution in [0.2, 0.25) is 0 Å². The molecule has 6 nitrogen and oxygen atoms in total. The lowest BCUT2D eigenvalue weighted by atomic mass is 10.0. The SMILES string of the molecule is CCCCC/C=C\C/C=C\CCCCCCCC(=O)OCCCCCCCCCCC/C=C\C/C=C\CCCCCCCCCCCC(=O)NC(CO)C(O)/C=C/CCCCCCCCCCCC. The Morgan fingerprint density at radius 3 is 1.13 bits per heavy atom. The van der Waals surface area contributed by atoms with Crippen molar-refractivity contribution in [1.82, 2.24) is 5.32 Å². The molecule has 0 fully saturated rings. The molecule has 69 heavy (non-hydrogen) atoms. The van der Waals surface area contributed by atoms with E-state index < -0.39 is 12.1 Å². The largest absolute Gasteiger partial charge is 0.466 e. The topological polar surface area (TPSA) is 95.9 Å². The first-order valence-electron chi connectivity index (χ1n) is 30.1. The van der Waals surface area contributed by atoms with E-state index in [1.165, 1.54) is 218 Å². The molecule has 0 aliphatic rings. The first-order chi connectivity index (χ1) is 34.0. The molecule has 0 aliphatic heterocycles. The first kappa shape index (κ1) is 66.6. The molecule has 6 heteroatoms. The van der Waals surface area contributed by atoms with Gasteiger partial charge in [-0.15, -0.1) is 0 Å². The van der Waals surface area contributed by atoms with Gasteiger partial charge in [0.05, 0.1) is 25.4 Å². The van der Waals surface area contributed by atoms with E-state index in [9.17, 15) is 19.8 Å². The van der Waals surface area contributed by atoms with Gasteiger partial charge in [0.25, 0.3) is 0 Å². The average molecular weight is 967 g/mol. The maximum absolute atomic E-state index is 12.4. The molecule has 0 aromatic carbocycles. The number of amides is 1. The van der Waals surface area contributed by atoms with Crippen LogP contribution in [0.3, 0.4) is 0 Å². The van der Waals surface area contributed by atoms with Gasteiger partial charge in [-0.1, -0.05) is 254 Å². The number of aliphatic hydroxyl groups excluding tert-OH is 2. The normalized spacial score (nSPS) is 13.0. The highest BCUT2D eigenvalue weighted by Gasteiger charge is 2.18. The van der Waals surface area contributed by atoms with Gasteiger partial charge in [-0.2, -0.15) is 0 Å². The summed E-state index contributed by atoms with van der Waals surface area (Å²) in [5, 5.41) is 23.0. The van der Waals surface area contributed by atoms with E-state index in [-0.39, 0.29) is 18.5 Å². The van der Waals surface area contributed by atoms with Gasteiger partial charge >= 0.3 is 5.97 Å². The van der Waals surface area contributed by atoms with E-state index in [2.05, 4.69) is 67.8 Å². The smallest absolute Gasteiger partial charge is 0.305 e. The zero-order valence-electron chi connectivity index (χ0n) is 45.8. The maximum atomic E-state index is 12.4. The monoisotopic (exact) mass is 966 g/mol. The second-order valence-corrected chi connectivity index (χ2v) is 20.3. The minimum Gasteiger partial charge on any atom is -0.466 e. The van der Waals surface area contributed by atoms with Gasteiger partial charge in [-0.05, 0) is 96.3 Å². The highest BCUT2D eigenvalue weighted by molar-refractivity contribution is 5.76. The minimum atomic E-state index is -0.848. The van der Waals surface area contributed by atoms with Gasteiger partial charge in [0.2, 0.25) is 5.91 Å². The van der Waals surface area contributed by atoms with Crippen molar-refractivity contribution in [3.63, 3.8) is 0 Å². The van der Waals surface area contributed by atoms with Crippen LogP contribution < -0.4 is 5.32 Å². The molecule has 0 heterocycles. The predicted molar refractivity (Wildman–Crippen MR) is 301 cm³/mol. The molecular formula is C63H115NO5. The molecule has 0 rings (SSSR count). The van der Waals surface area contributed by atoms with Gasteiger partial charge < -0.3 is 20.3 Å². The number of rotatable bonds is 55. The molecule has 0 aromatic rings. The number of carbonyl (C=O) groups is 2. The van der Waals surface area contributed by atoms with Crippen LogP contribution in [0.4, 0.5) is 0 Å². The third-order valence-electron chi connectivity index (χ3n) is 13.5. The Labute approximate surface area is 428 Å². The van der Waals surface area contributed by atoms with Crippen molar-refractivity contribution in [2.75, 3.05) is 13.2 Å². The van der Waals surface area contributed by atoms with E-state index in [1.807, 2.05) is 6.08 Å². The van der Waals surface area contributed by atoms with E-state index in [4.69, 9.17) is 4.74 Å². The minimum absolute atomic E-state index is 0.00627. The van der Waals surface area contributed by atoms with Crippen LogP contribution in [0.1, 0.15) is 303 Å². The molecule has 402 valence electrons. The van der Waals surface area contributed by atoms with Gasteiger partial charge in [0.15, 0.2) is 0 Å². The van der Waals surface area contributed by atoms with Crippen molar-refractivity contribution >= 4 is 11.9 Å². The number of nitrogens with one attached hydrogen (secondary N) is 1. The Kier molecular flexibility index (Phi) is 56.1. The van der Waals surface area contributed by atoms with Crippen LogP contribution >= 0.6 is 0 Å². The van der Waals surface area contributed by atoms with Crippen molar-refractivity contribution in [2.45, 2.75) is 315 Å². The first-order valence-corrected chi connectivity index (χ1v) is 30.1. The Balaban J connectivity index is 3.46. The van der Waals surface area contributed by atoms with Crippen LogP contribution in [0, 0.1) is 0 Å². The standard InChI is InChI=1S/C63H115NO5/c1-3-5-7-9-11-13-15-17-29-33-37-41-45-49-53-57-63(68)69-58-54-50-46-42-38-34-31-28-26-24-22-20-18-19-21-23-25-27-30-32-36-40-44-48-52-56-62(67)64-60(59-65)61(66)55-51-47-43-39-35-16-14-12-10-8-6-4-2/h11,13,17,19-22,29,51,55,60-61,65-66H,3-10,12,14-16,18,23-28,30-50,52-54,56-59H2,1-2H3,(H,64,67)/b13-11-,21-19-,22-20-,29-17-,55-51+. The Hall–Kier alpha value is -2.44. The number of ether oxygens (including phenoxy) is 1. The summed E-state index contributed by atoms with van der Waals surface area (Å²) in [4.78, 5) is 24.5. The molecule has 2 atom stereocenters. The van der Waals surface area contributed by atoms with Gasteiger partial charge in [0.1, 0.15) is 0 Å². The summed E-state index contributed by atoms with van der Waals surface area (Å²) in [6, 6.07) is -0.633. The van der Waals surface area contributed by atoms with Crippen molar-refractivity contribution < 1.29 is 24.5 Å². The molecule has 2 unspecified atom stereocenters. The maximum Gasteiger partial charge on any atom is 0.305 e. The Morgan fingerprint density at radius 2 is 0.725 bits per heavy atom. The summed E-state index contributed by atoms with van der Waals surface area (Å²) in [7, 11) is 0. The van der Waals surface area contributed by atoms with Crippen LogP contribution in [0.15, 0.2) is 60.8 Å². The molecule has 3 N–H and O–H groups in total. The molecule has 1 amide bonds. The molecule has 0 bridgehead atoms. The van der Waals surface area contributed by atoms with Gasteiger partial charge in [-0.25, -0.2) is 0 Å². The number of aliphatic hydroxyl groups is 2. The number of esters is 1. The molecule has 0 saturated carbocycles. The molecule has 0 radical (unpaired) electrons. The lowest BCUT2D eigenvalue weighted by Gasteiger charge is -2.20. The molecule has 0 aliphatic carbocycles. The van der Waals surface area contributed by atoms with Crippen molar-refractivity contribution in [3.8, 4) is 0 Å². The highest BCUT2D eigenvalue weighted by Crippen LogP contribution is 2.15. The van der Waals surface area contributed by atoms with E-state index in [0.717, 1.165) is 57.8 Å². The van der Waals surface area contributed by atoms with Crippen LogP contribution in [-0.2, 0) is 14.3 Å². The third-order valence-corrected chi connectivity index (χ3v) is 13.5. The summed E-state index contributed by atoms with van der Waals surface area (Å²) in [5.41, 5.74) is 0. The molecular weight excluding hydrogens is 851 g/mol. The average Bonchev–Trinajstić information content (AvgIpc) is 3.35. The van der Waals surface area contributed by atoms with Crippen molar-refractivity contribution in [3.05, 3.63) is 60.8 Å². The van der Waals surface area contributed by atoms with Crippen LogP contribution in [0.25, 0.3) is 0 Å². The zero-order chi connectivity index (χ0) is 50.0. The van der Waals surface area contributed by atoms with Crippen molar-refractivity contribution in [2.24, 2.45) is 0 Å². The lowest BCUT2D eigenvalue weighted by molar-refractivity contribution is -0.143. The fourth-order valence-electron chi connectivity index (χ4n) is 8.87. The summed E-state index contributed by atoms with van der Waals surface area (Å²) in [6.07, 6.45) is 75.4. The predicted octanol–water partition coefficient (Wildman–Crippen LogP) is 18.7. The van der Waals surface area contributed by atoms with Crippen LogP contribution in [0.5, 0.6) is 0 Å². The van der Waals surface area contributed by atoms with E-state index >= 15 is 0 Å².